The SMILES string of the molecule is CC(OCC[Si](C)(C)C)c1n[nH]c(C(C)OCC[Si](C)(C)C)c1-c1ccc(NC(=O)[C@@H](N)C2CCCCC2)cc1.Cl. The number of carbonyl (C=O) groups is 1. The van der Waals surface area contributed by atoms with Gasteiger partial charge >= 0.3 is 0 Å². The fourth-order valence-corrected chi connectivity index (χ4v) is 6.62. The summed E-state index contributed by atoms with van der Waals surface area (Å²) in [4.78, 5) is 12.9. The van der Waals surface area contributed by atoms with Gasteiger partial charge in [0.25, 0.3) is 0 Å². The van der Waals surface area contributed by atoms with E-state index < -0.39 is 22.2 Å². The third-order valence-electron chi connectivity index (χ3n) is 7.96. The molecule has 10 heteroatoms. The van der Waals surface area contributed by atoms with E-state index in [1.165, 1.54) is 6.42 Å². The van der Waals surface area contributed by atoms with Crippen molar-refractivity contribution in [3.63, 3.8) is 0 Å². The van der Waals surface area contributed by atoms with Crippen molar-refractivity contribution in [2.75, 3.05) is 18.5 Å². The molecule has 0 bridgehead atoms. The largest absolute Gasteiger partial charge is 0.373 e. The van der Waals surface area contributed by atoms with Gasteiger partial charge in [-0.15, -0.1) is 12.4 Å². The van der Waals surface area contributed by atoms with E-state index >= 15 is 0 Å². The Morgan fingerprint density at radius 3 is 2.02 bits per heavy atom. The molecule has 0 saturated heterocycles. The maximum Gasteiger partial charge on any atom is 0.241 e. The first-order chi connectivity index (χ1) is 18.7. The minimum Gasteiger partial charge on any atom is -0.373 e. The monoisotopic (exact) mass is 622 g/mol. The van der Waals surface area contributed by atoms with E-state index in [2.05, 4.69) is 63.5 Å². The van der Waals surface area contributed by atoms with Crippen LogP contribution >= 0.6 is 12.4 Å². The molecule has 2 unspecified atom stereocenters. The Morgan fingerprint density at radius 2 is 1.49 bits per heavy atom. The number of nitrogens with zero attached hydrogens (tertiary/aromatic N) is 1. The van der Waals surface area contributed by atoms with Crippen molar-refractivity contribution in [1.29, 1.82) is 0 Å². The molecule has 7 nitrogen and oxygen atoms in total. The van der Waals surface area contributed by atoms with Crippen LogP contribution in [-0.2, 0) is 14.3 Å². The summed E-state index contributed by atoms with van der Waals surface area (Å²) in [5, 5.41) is 11.1. The summed E-state index contributed by atoms with van der Waals surface area (Å²) < 4.78 is 12.6. The Kier molecular flexibility index (Phi) is 13.8. The molecule has 4 N–H and O–H groups in total. The number of hydrogen-bond donors (Lipinski definition) is 3. The lowest BCUT2D eigenvalue weighted by molar-refractivity contribution is -0.118. The van der Waals surface area contributed by atoms with E-state index in [-0.39, 0.29) is 36.4 Å². The zero-order chi connectivity index (χ0) is 29.5. The number of ether oxygens (including phenoxy) is 2. The number of aromatic amines is 1. The van der Waals surface area contributed by atoms with Crippen molar-refractivity contribution in [2.24, 2.45) is 11.7 Å². The molecule has 3 atom stereocenters. The number of amides is 1. The molecule has 232 valence electrons. The van der Waals surface area contributed by atoms with Gasteiger partial charge in [0.15, 0.2) is 0 Å². The van der Waals surface area contributed by atoms with Crippen LogP contribution in [0.3, 0.4) is 0 Å². The predicted octanol–water partition coefficient (Wildman–Crippen LogP) is 8.18. The molecular weight excluding hydrogens is 568 g/mol. The van der Waals surface area contributed by atoms with Gasteiger partial charge in [-0.2, -0.15) is 5.10 Å². The van der Waals surface area contributed by atoms with Crippen molar-refractivity contribution in [1.82, 2.24) is 10.2 Å². The predicted molar refractivity (Wildman–Crippen MR) is 179 cm³/mol. The van der Waals surface area contributed by atoms with Crippen LogP contribution in [0.5, 0.6) is 0 Å². The summed E-state index contributed by atoms with van der Waals surface area (Å²) in [6.45, 7) is 19.8. The average Bonchev–Trinajstić information content (AvgIpc) is 3.33. The van der Waals surface area contributed by atoms with Crippen LogP contribution in [0.15, 0.2) is 24.3 Å². The molecule has 1 aliphatic rings. The molecule has 3 rings (SSSR count). The number of nitrogens with two attached hydrogens (primary N) is 1. The molecule has 1 aromatic heterocycles. The van der Waals surface area contributed by atoms with Gasteiger partial charge in [-0.05, 0) is 62.4 Å². The Hall–Kier alpha value is -1.50. The lowest BCUT2D eigenvalue weighted by Gasteiger charge is -2.26. The van der Waals surface area contributed by atoms with Gasteiger partial charge in [0.05, 0.1) is 29.6 Å². The number of carbonyl (C=O) groups excluding carboxylic acids is 1. The molecule has 1 amide bonds. The number of rotatable bonds is 14. The van der Waals surface area contributed by atoms with Crippen molar-refractivity contribution in [3.05, 3.63) is 35.7 Å². The fraction of sp³-hybridized carbons (Fsp3) is 0.677. The number of hydrogen-bond acceptors (Lipinski definition) is 5. The Labute approximate surface area is 256 Å². The second-order valence-corrected chi connectivity index (χ2v) is 25.3. The van der Waals surface area contributed by atoms with Crippen LogP contribution in [0.2, 0.25) is 51.4 Å². The highest BCUT2D eigenvalue weighted by Gasteiger charge is 2.27. The summed E-state index contributed by atoms with van der Waals surface area (Å²) in [5.41, 5.74) is 11.0. The van der Waals surface area contributed by atoms with Crippen LogP contribution < -0.4 is 11.1 Å². The second-order valence-electron chi connectivity index (χ2n) is 14.0. The molecule has 1 aromatic carbocycles. The first kappa shape index (κ1) is 35.7. The van der Waals surface area contributed by atoms with Crippen LogP contribution in [0, 0.1) is 5.92 Å². The highest BCUT2D eigenvalue weighted by molar-refractivity contribution is 6.76. The highest BCUT2D eigenvalue weighted by Crippen LogP contribution is 2.36. The molecule has 41 heavy (non-hydrogen) atoms. The van der Waals surface area contributed by atoms with Crippen LogP contribution in [-0.4, -0.2) is 51.5 Å². The van der Waals surface area contributed by atoms with E-state index in [1.54, 1.807) is 0 Å². The minimum atomic E-state index is -1.20. The van der Waals surface area contributed by atoms with Gasteiger partial charge in [0.1, 0.15) is 0 Å². The third kappa shape index (κ3) is 11.3. The summed E-state index contributed by atoms with van der Waals surface area (Å²) in [6.07, 6.45) is 5.36. The van der Waals surface area contributed by atoms with E-state index in [4.69, 9.17) is 20.3 Å². The van der Waals surface area contributed by atoms with Gasteiger partial charge in [-0.3, -0.25) is 9.89 Å². The summed E-state index contributed by atoms with van der Waals surface area (Å²) >= 11 is 0. The zero-order valence-electron chi connectivity index (χ0n) is 26.6. The standard InChI is InChI=1S/C31H54N4O3Si2.ClH/c1-22(37-18-20-39(3,4)5)29-27(30(35-34-29)23(2)38-19-21-40(6,7)8)24-14-16-26(17-15-24)33-31(36)28(32)25-12-10-9-11-13-25;/h14-17,22-23,25,28H,9-13,18-21,32H2,1-8H3,(H,33,36)(H,34,35);1H/t22?,23?,28-;/m0./s1. The topological polar surface area (TPSA) is 102 Å². The first-order valence-corrected chi connectivity index (χ1v) is 22.6. The second kappa shape index (κ2) is 15.8. The highest BCUT2D eigenvalue weighted by atomic mass is 35.5. The molecule has 2 aromatic rings. The van der Waals surface area contributed by atoms with Crippen LogP contribution in [0.4, 0.5) is 5.69 Å². The lowest BCUT2D eigenvalue weighted by atomic mass is 9.84. The molecule has 1 fully saturated rings. The molecule has 1 saturated carbocycles. The van der Waals surface area contributed by atoms with E-state index in [9.17, 15) is 4.79 Å². The van der Waals surface area contributed by atoms with Gasteiger partial charge in [0, 0.05) is 40.6 Å². The number of aromatic nitrogens is 2. The molecule has 1 aliphatic carbocycles. The normalized spacial score (nSPS) is 17.0. The number of halogens is 1. The van der Waals surface area contributed by atoms with Crippen molar-refractivity contribution in [3.8, 4) is 11.1 Å². The van der Waals surface area contributed by atoms with Gasteiger partial charge in [-0.1, -0.05) is 70.7 Å². The van der Waals surface area contributed by atoms with E-state index in [0.29, 0.717) is 0 Å². The molecule has 0 spiro atoms. The van der Waals surface area contributed by atoms with Gasteiger partial charge < -0.3 is 20.5 Å². The van der Waals surface area contributed by atoms with Gasteiger partial charge in [-0.25, -0.2) is 0 Å². The number of anilines is 1. The average molecular weight is 623 g/mol. The van der Waals surface area contributed by atoms with Crippen molar-refractivity contribution < 1.29 is 14.3 Å². The van der Waals surface area contributed by atoms with Gasteiger partial charge in [0.2, 0.25) is 5.91 Å². The molecular formula is C31H55ClN4O3Si2. The third-order valence-corrected chi connectivity index (χ3v) is 11.4. The van der Waals surface area contributed by atoms with Crippen molar-refractivity contribution in [2.45, 2.75) is 116 Å². The zero-order valence-corrected chi connectivity index (χ0v) is 29.5. The molecule has 0 radical (unpaired) electrons. The quantitative estimate of drug-likeness (QED) is 0.184. The Balaban J connectivity index is 0.00000588. The Morgan fingerprint density at radius 1 is 0.951 bits per heavy atom. The maximum absolute atomic E-state index is 12.9. The molecule has 1 heterocycles. The minimum absolute atomic E-state index is 0. The number of benzene rings is 1. The summed E-state index contributed by atoms with van der Waals surface area (Å²) in [7, 11) is -2.39. The summed E-state index contributed by atoms with van der Waals surface area (Å²) in [5.74, 6) is 0.173. The van der Waals surface area contributed by atoms with E-state index in [1.807, 2.05) is 24.3 Å². The Bertz CT molecular complexity index is 1030. The molecule has 0 aliphatic heterocycles. The van der Waals surface area contributed by atoms with Crippen LogP contribution in [0.1, 0.15) is 69.5 Å². The summed E-state index contributed by atoms with van der Waals surface area (Å²) in [6, 6.07) is 9.75. The number of H-pyrrole nitrogens is 1. The maximum atomic E-state index is 12.9. The van der Waals surface area contributed by atoms with E-state index in [0.717, 1.165) is 79.2 Å². The number of nitrogens with one attached hydrogen (secondary N) is 2. The lowest BCUT2D eigenvalue weighted by Crippen LogP contribution is -2.42. The van der Waals surface area contributed by atoms with Crippen molar-refractivity contribution >= 4 is 40.1 Å². The first-order valence-electron chi connectivity index (χ1n) is 15.2. The smallest absolute Gasteiger partial charge is 0.241 e. The van der Waals surface area contributed by atoms with Crippen LogP contribution in [0.25, 0.3) is 11.1 Å². The fourth-order valence-electron chi connectivity index (χ4n) is 5.16.